The summed E-state index contributed by atoms with van der Waals surface area (Å²) in [5, 5.41) is 29.1. The van der Waals surface area contributed by atoms with Crippen LogP contribution in [0.2, 0.25) is 0 Å². The molecule has 134 valence electrons. The number of rotatable bonds is 4. The Kier molecular flexibility index (Phi) is 4.53. The van der Waals surface area contributed by atoms with E-state index in [4.69, 9.17) is 9.15 Å². The van der Waals surface area contributed by atoms with Crippen LogP contribution in [0.25, 0.3) is 22.3 Å². The summed E-state index contributed by atoms with van der Waals surface area (Å²) in [4.78, 5) is 24.2. The normalized spacial score (nSPS) is 10.8. The van der Waals surface area contributed by atoms with Crippen LogP contribution < -0.4 is 5.43 Å². The molecule has 7 heteroatoms. The molecule has 0 saturated heterocycles. The van der Waals surface area contributed by atoms with Gasteiger partial charge >= 0.3 is 5.97 Å². The molecule has 3 rings (SSSR count). The number of phenolic OH excluding ortho intramolecular Hbond substituents is 3. The van der Waals surface area contributed by atoms with Gasteiger partial charge in [-0.05, 0) is 30.7 Å². The van der Waals surface area contributed by atoms with Crippen LogP contribution in [0, 0.1) is 0 Å². The third-order valence-corrected chi connectivity index (χ3v) is 3.79. The molecule has 3 N–H and O–H groups in total. The Morgan fingerprint density at radius 3 is 2.58 bits per heavy atom. The quantitative estimate of drug-likeness (QED) is 0.615. The minimum Gasteiger partial charge on any atom is -0.508 e. The van der Waals surface area contributed by atoms with Crippen molar-refractivity contribution in [3.05, 3.63) is 52.2 Å². The fraction of sp³-hybridized carbons (Fsp3) is 0.158. The largest absolute Gasteiger partial charge is 0.508 e. The maximum absolute atomic E-state index is 12.4. The van der Waals surface area contributed by atoms with Gasteiger partial charge in [0.25, 0.3) is 0 Å². The van der Waals surface area contributed by atoms with Gasteiger partial charge in [0.2, 0.25) is 0 Å². The molecule has 0 aliphatic rings. The van der Waals surface area contributed by atoms with Crippen molar-refractivity contribution in [3.8, 4) is 28.6 Å². The van der Waals surface area contributed by atoms with Gasteiger partial charge in [-0.1, -0.05) is 0 Å². The van der Waals surface area contributed by atoms with Crippen LogP contribution in [0.4, 0.5) is 0 Å². The maximum Gasteiger partial charge on any atom is 0.310 e. The Hall–Kier alpha value is -3.48. The summed E-state index contributed by atoms with van der Waals surface area (Å²) < 4.78 is 10.6. The Morgan fingerprint density at radius 2 is 1.85 bits per heavy atom. The number of ether oxygens (including phenoxy) is 1. The van der Waals surface area contributed by atoms with E-state index in [0.717, 1.165) is 6.07 Å². The zero-order valence-corrected chi connectivity index (χ0v) is 13.9. The fourth-order valence-corrected chi connectivity index (χ4v) is 2.72. The van der Waals surface area contributed by atoms with E-state index in [1.165, 1.54) is 30.3 Å². The van der Waals surface area contributed by atoms with E-state index in [9.17, 15) is 24.9 Å². The highest BCUT2D eigenvalue weighted by atomic mass is 16.5. The zero-order chi connectivity index (χ0) is 18.8. The molecule has 0 fully saturated rings. The molecule has 26 heavy (non-hydrogen) atoms. The molecule has 7 nitrogen and oxygen atoms in total. The number of aromatic hydroxyl groups is 3. The lowest BCUT2D eigenvalue weighted by Gasteiger charge is -2.10. The van der Waals surface area contributed by atoms with Gasteiger partial charge < -0.3 is 24.5 Å². The zero-order valence-electron chi connectivity index (χ0n) is 13.9. The first-order valence-electron chi connectivity index (χ1n) is 7.86. The van der Waals surface area contributed by atoms with Gasteiger partial charge in [0, 0.05) is 23.8 Å². The van der Waals surface area contributed by atoms with Crippen LogP contribution >= 0.6 is 0 Å². The average Bonchev–Trinajstić information content (AvgIpc) is 2.53. The first kappa shape index (κ1) is 17.3. The van der Waals surface area contributed by atoms with Gasteiger partial charge in [0.15, 0.2) is 5.43 Å². The van der Waals surface area contributed by atoms with Crippen LogP contribution in [0.3, 0.4) is 0 Å². The molecule has 2 aromatic carbocycles. The van der Waals surface area contributed by atoms with E-state index in [2.05, 4.69) is 0 Å². The van der Waals surface area contributed by atoms with Crippen molar-refractivity contribution in [2.24, 2.45) is 0 Å². The number of esters is 1. The number of benzene rings is 2. The van der Waals surface area contributed by atoms with Crippen molar-refractivity contribution in [2.75, 3.05) is 6.61 Å². The second-order valence-electron chi connectivity index (χ2n) is 5.64. The standard InChI is InChI=1S/C19H16O7/c1-2-25-18(24)6-10-5-11(20)3-4-13(10)16-9-15(23)19-14(22)7-12(21)8-17(19)26-16/h3-5,7-9,20-22H,2,6H2,1H3. The number of fused-ring (bicyclic) bond motifs is 1. The Labute approximate surface area is 147 Å². The first-order chi connectivity index (χ1) is 12.4. The summed E-state index contributed by atoms with van der Waals surface area (Å²) in [6, 6.07) is 7.73. The van der Waals surface area contributed by atoms with Gasteiger partial charge in [0.1, 0.15) is 34.0 Å². The van der Waals surface area contributed by atoms with Crippen LogP contribution in [0.15, 0.2) is 45.6 Å². The van der Waals surface area contributed by atoms with Crippen molar-refractivity contribution in [1.82, 2.24) is 0 Å². The van der Waals surface area contributed by atoms with E-state index >= 15 is 0 Å². The molecule has 0 spiro atoms. The molecule has 1 aromatic heterocycles. The van der Waals surface area contributed by atoms with E-state index in [0.29, 0.717) is 11.1 Å². The van der Waals surface area contributed by atoms with Crippen LogP contribution in [0.1, 0.15) is 12.5 Å². The molecular weight excluding hydrogens is 340 g/mol. The molecule has 0 atom stereocenters. The molecule has 1 heterocycles. The van der Waals surface area contributed by atoms with Gasteiger partial charge in [0.05, 0.1) is 13.0 Å². The summed E-state index contributed by atoms with van der Waals surface area (Å²) >= 11 is 0. The van der Waals surface area contributed by atoms with Crippen molar-refractivity contribution < 1.29 is 29.3 Å². The molecule has 0 saturated carbocycles. The number of phenols is 3. The third-order valence-electron chi connectivity index (χ3n) is 3.79. The number of carbonyl (C=O) groups is 1. The minimum atomic E-state index is -0.506. The van der Waals surface area contributed by atoms with Crippen molar-refractivity contribution >= 4 is 16.9 Å². The lowest BCUT2D eigenvalue weighted by atomic mass is 10.0. The van der Waals surface area contributed by atoms with Gasteiger partial charge in [-0.25, -0.2) is 0 Å². The predicted molar refractivity (Wildman–Crippen MR) is 93.3 cm³/mol. The number of hydrogen-bond acceptors (Lipinski definition) is 7. The van der Waals surface area contributed by atoms with Crippen LogP contribution in [0.5, 0.6) is 17.2 Å². The summed E-state index contributed by atoms with van der Waals surface area (Å²) in [6.45, 7) is 1.90. The summed E-state index contributed by atoms with van der Waals surface area (Å²) in [6.07, 6.45) is -0.120. The smallest absolute Gasteiger partial charge is 0.310 e. The molecule has 0 unspecified atom stereocenters. The molecule has 0 radical (unpaired) electrons. The average molecular weight is 356 g/mol. The van der Waals surface area contributed by atoms with Gasteiger partial charge in [-0.3, -0.25) is 9.59 Å². The lowest BCUT2D eigenvalue weighted by molar-refractivity contribution is -0.142. The van der Waals surface area contributed by atoms with E-state index in [-0.39, 0.29) is 41.3 Å². The van der Waals surface area contributed by atoms with E-state index < -0.39 is 17.1 Å². The highest BCUT2D eigenvalue weighted by molar-refractivity contribution is 5.86. The predicted octanol–water partition coefficient (Wildman–Crippen LogP) is 2.68. The topological polar surface area (TPSA) is 117 Å². The summed E-state index contributed by atoms with van der Waals surface area (Å²) in [5.74, 6) is -1.05. The van der Waals surface area contributed by atoms with Crippen molar-refractivity contribution in [1.29, 1.82) is 0 Å². The highest BCUT2D eigenvalue weighted by Gasteiger charge is 2.16. The van der Waals surface area contributed by atoms with E-state index in [1.807, 2.05) is 0 Å². The molecule has 0 aliphatic heterocycles. The monoisotopic (exact) mass is 356 g/mol. The Morgan fingerprint density at radius 1 is 1.08 bits per heavy atom. The fourth-order valence-electron chi connectivity index (χ4n) is 2.72. The maximum atomic E-state index is 12.4. The van der Waals surface area contributed by atoms with Gasteiger partial charge in [-0.15, -0.1) is 0 Å². The molecule has 0 bridgehead atoms. The first-order valence-corrected chi connectivity index (χ1v) is 7.86. The molecule has 0 amide bonds. The molecular formula is C19H16O7. The summed E-state index contributed by atoms with van der Waals surface area (Å²) in [7, 11) is 0. The Bertz CT molecular complexity index is 1050. The molecule has 3 aromatic rings. The number of hydrogen-bond donors (Lipinski definition) is 3. The highest BCUT2D eigenvalue weighted by Crippen LogP contribution is 2.32. The lowest BCUT2D eigenvalue weighted by Crippen LogP contribution is -2.09. The van der Waals surface area contributed by atoms with E-state index in [1.54, 1.807) is 6.92 Å². The Balaban J connectivity index is 2.17. The SMILES string of the molecule is CCOC(=O)Cc1cc(O)ccc1-c1cc(=O)c2c(O)cc(O)cc2o1. The van der Waals surface area contributed by atoms with Gasteiger partial charge in [-0.2, -0.15) is 0 Å². The third kappa shape index (κ3) is 3.32. The van der Waals surface area contributed by atoms with Crippen LogP contribution in [-0.4, -0.2) is 27.9 Å². The van der Waals surface area contributed by atoms with Crippen LogP contribution in [-0.2, 0) is 16.0 Å². The second-order valence-corrected chi connectivity index (χ2v) is 5.64. The molecule has 0 aliphatic carbocycles. The minimum absolute atomic E-state index is 0.000148. The summed E-state index contributed by atoms with van der Waals surface area (Å²) in [5.41, 5.74) is 0.321. The van der Waals surface area contributed by atoms with Crippen molar-refractivity contribution in [3.63, 3.8) is 0 Å². The second kappa shape index (κ2) is 6.79. The van der Waals surface area contributed by atoms with Crippen molar-refractivity contribution in [2.45, 2.75) is 13.3 Å². The number of carbonyl (C=O) groups excluding carboxylic acids is 1.